The summed E-state index contributed by atoms with van der Waals surface area (Å²) in [6, 6.07) is 2.11. The fraction of sp³-hybridized carbons (Fsp3) is 0.429. The highest BCUT2D eigenvalue weighted by Crippen LogP contribution is 2.27. The molecule has 1 aromatic rings. The van der Waals surface area contributed by atoms with E-state index in [4.69, 9.17) is 9.47 Å². The highest BCUT2D eigenvalue weighted by molar-refractivity contribution is 5.95. The van der Waals surface area contributed by atoms with Crippen LogP contribution in [0.1, 0.15) is 31.1 Å². The molecule has 0 atom stereocenters. The molecule has 0 aliphatic rings. The Labute approximate surface area is 122 Å². The topological polar surface area (TPSA) is 73.9 Å². The number of hydrogen-bond acceptors (Lipinski definition) is 5. The number of benzene rings is 1. The molecule has 0 saturated heterocycles. The van der Waals surface area contributed by atoms with E-state index in [0.29, 0.717) is 0 Å². The largest absolute Gasteiger partial charge is 0.496 e. The minimum absolute atomic E-state index is 0.00698. The van der Waals surface area contributed by atoms with E-state index >= 15 is 0 Å². The molecule has 7 heteroatoms. The van der Waals surface area contributed by atoms with Crippen LogP contribution in [0.3, 0.4) is 0 Å². The molecule has 1 rings (SSSR count). The van der Waals surface area contributed by atoms with Gasteiger partial charge in [-0.15, -0.1) is 0 Å². The maximum atomic E-state index is 13.9. The van der Waals surface area contributed by atoms with Gasteiger partial charge in [-0.2, -0.15) is 0 Å². The number of carbonyl (C=O) groups is 2. The highest BCUT2D eigenvalue weighted by Gasteiger charge is 2.21. The quantitative estimate of drug-likeness (QED) is 0.869. The maximum absolute atomic E-state index is 13.9. The van der Waals surface area contributed by atoms with Crippen LogP contribution in [0, 0.1) is 5.82 Å². The van der Waals surface area contributed by atoms with Crippen LogP contribution in [0.5, 0.6) is 5.75 Å². The van der Waals surface area contributed by atoms with Crippen LogP contribution in [0.25, 0.3) is 0 Å². The predicted octanol–water partition coefficient (Wildman–Crippen LogP) is 2.97. The number of carbonyl (C=O) groups excluding carboxylic acids is 2. The van der Waals surface area contributed by atoms with Gasteiger partial charge in [0.05, 0.1) is 19.9 Å². The lowest BCUT2D eigenvalue weighted by Gasteiger charge is -2.20. The lowest BCUT2D eigenvalue weighted by Crippen LogP contribution is -2.27. The normalized spacial score (nSPS) is 10.8. The second kappa shape index (κ2) is 6.43. The van der Waals surface area contributed by atoms with Crippen molar-refractivity contribution in [3.8, 4) is 5.75 Å². The summed E-state index contributed by atoms with van der Waals surface area (Å²) in [7, 11) is 2.48. The number of methoxy groups -OCH3 is 2. The van der Waals surface area contributed by atoms with Crippen LogP contribution in [-0.2, 0) is 9.47 Å². The lowest BCUT2D eigenvalue weighted by molar-refractivity contribution is 0.0592. The van der Waals surface area contributed by atoms with Gasteiger partial charge < -0.3 is 14.2 Å². The third-order valence-corrected chi connectivity index (χ3v) is 2.33. The summed E-state index contributed by atoms with van der Waals surface area (Å²) in [4.78, 5) is 23.2. The van der Waals surface area contributed by atoms with Gasteiger partial charge in [-0.25, -0.2) is 14.0 Å². The lowest BCUT2D eigenvalue weighted by atomic mass is 10.1. The van der Waals surface area contributed by atoms with Gasteiger partial charge in [0, 0.05) is 6.07 Å². The Morgan fingerprint density at radius 2 is 1.81 bits per heavy atom. The molecule has 1 amide bonds. The molecule has 0 aliphatic carbocycles. The van der Waals surface area contributed by atoms with Crippen molar-refractivity contribution in [3.05, 3.63) is 23.5 Å². The Kier molecular flexibility index (Phi) is 5.12. The van der Waals surface area contributed by atoms with Gasteiger partial charge in [-0.3, -0.25) is 5.32 Å². The Morgan fingerprint density at radius 1 is 1.19 bits per heavy atom. The second-order valence-corrected chi connectivity index (χ2v) is 5.15. The number of anilines is 1. The number of amides is 1. The van der Waals surface area contributed by atoms with E-state index in [1.54, 1.807) is 20.8 Å². The minimum Gasteiger partial charge on any atom is -0.496 e. The zero-order chi connectivity index (χ0) is 16.2. The van der Waals surface area contributed by atoms with Crippen LogP contribution in [0.2, 0.25) is 0 Å². The van der Waals surface area contributed by atoms with Crippen molar-refractivity contribution in [3.63, 3.8) is 0 Å². The molecule has 0 spiro atoms. The first kappa shape index (κ1) is 16.7. The highest BCUT2D eigenvalue weighted by atomic mass is 19.1. The monoisotopic (exact) mass is 299 g/mol. The van der Waals surface area contributed by atoms with Crippen molar-refractivity contribution in [1.29, 1.82) is 0 Å². The Bertz CT molecular complexity index is 551. The molecule has 6 nitrogen and oxygen atoms in total. The third-order valence-electron chi connectivity index (χ3n) is 2.33. The molecule has 0 heterocycles. The van der Waals surface area contributed by atoms with Gasteiger partial charge in [0.1, 0.15) is 16.9 Å². The number of halogens is 1. The predicted molar refractivity (Wildman–Crippen MR) is 74.1 cm³/mol. The molecular formula is C14H18FNO5. The molecule has 1 aromatic carbocycles. The van der Waals surface area contributed by atoms with Crippen LogP contribution < -0.4 is 10.1 Å². The SMILES string of the molecule is COC(=O)c1cc(NC(=O)OC(C)(C)C)c(F)cc1OC. The standard InChI is InChI=1S/C14H18FNO5/c1-14(2,3)21-13(18)16-10-6-8(12(17)20-5)11(19-4)7-9(10)15/h6-7H,1-5H3,(H,16,18). The van der Waals surface area contributed by atoms with Gasteiger partial charge in [-0.05, 0) is 26.8 Å². The zero-order valence-electron chi connectivity index (χ0n) is 12.6. The summed E-state index contributed by atoms with van der Waals surface area (Å²) in [5.41, 5.74) is -0.934. The van der Waals surface area contributed by atoms with E-state index < -0.39 is 23.5 Å². The van der Waals surface area contributed by atoms with Crippen LogP contribution in [0.15, 0.2) is 12.1 Å². The van der Waals surface area contributed by atoms with Crippen molar-refractivity contribution in [2.24, 2.45) is 0 Å². The first-order chi connectivity index (χ1) is 9.67. The van der Waals surface area contributed by atoms with Crippen LogP contribution in [-0.4, -0.2) is 31.9 Å². The van der Waals surface area contributed by atoms with E-state index in [9.17, 15) is 14.0 Å². The van der Waals surface area contributed by atoms with E-state index in [0.717, 1.165) is 12.1 Å². The summed E-state index contributed by atoms with van der Waals surface area (Å²) in [6.07, 6.45) is -0.831. The fourth-order valence-electron chi connectivity index (χ4n) is 1.50. The molecule has 0 bridgehead atoms. The van der Waals surface area contributed by atoms with Crippen molar-refractivity contribution >= 4 is 17.7 Å². The maximum Gasteiger partial charge on any atom is 0.412 e. The van der Waals surface area contributed by atoms with Crippen LogP contribution in [0.4, 0.5) is 14.9 Å². The fourth-order valence-corrected chi connectivity index (χ4v) is 1.50. The molecule has 0 aromatic heterocycles. The van der Waals surface area contributed by atoms with Crippen molar-refractivity contribution in [1.82, 2.24) is 0 Å². The van der Waals surface area contributed by atoms with E-state index in [1.165, 1.54) is 14.2 Å². The minimum atomic E-state index is -0.831. The smallest absolute Gasteiger partial charge is 0.412 e. The Balaban J connectivity index is 3.08. The van der Waals surface area contributed by atoms with Crippen molar-refractivity contribution in [2.45, 2.75) is 26.4 Å². The van der Waals surface area contributed by atoms with Crippen molar-refractivity contribution < 1.29 is 28.2 Å². The van der Waals surface area contributed by atoms with Crippen LogP contribution >= 0.6 is 0 Å². The van der Waals surface area contributed by atoms with Gasteiger partial charge in [-0.1, -0.05) is 0 Å². The molecule has 0 saturated carbocycles. The van der Waals surface area contributed by atoms with E-state index in [2.05, 4.69) is 10.1 Å². The summed E-state index contributed by atoms with van der Waals surface area (Å²) >= 11 is 0. The molecule has 0 aliphatic heterocycles. The average molecular weight is 299 g/mol. The summed E-state index contributed by atoms with van der Waals surface area (Å²) < 4.78 is 28.4. The van der Waals surface area contributed by atoms with E-state index in [1.807, 2.05) is 0 Å². The third kappa shape index (κ3) is 4.62. The number of esters is 1. The summed E-state index contributed by atoms with van der Waals surface area (Å²) in [5.74, 6) is -1.46. The second-order valence-electron chi connectivity index (χ2n) is 5.15. The number of hydrogen-bond donors (Lipinski definition) is 1. The molecule has 21 heavy (non-hydrogen) atoms. The Hall–Kier alpha value is -2.31. The molecular weight excluding hydrogens is 281 g/mol. The number of rotatable bonds is 3. The molecule has 0 fully saturated rings. The van der Waals surface area contributed by atoms with Gasteiger partial charge >= 0.3 is 12.1 Å². The molecule has 116 valence electrons. The molecule has 0 unspecified atom stereocenters. The van der Waals surface area contributed by atoms with Gasteiger partial charge in [0.2, 0.25) is 0 Å². The molecule has 0 radical (unpaired) electrons. The first-order valence-electron chi connectivity index (χ1n) is 6.13. The zero-order valence-corrected chi connectivity index (χ0v) is 12.6. The van der Waals surface area contributed by atoms with Gasteiger partial charge in [0.15, 0.2) is 5.82 Å². The molecule has 1 N–H and O–H groups in total. The van der Waals surface area contributed by atoms with E-state index in [-0.39, 0.29) is 17.0 Å². The number of nitrogens with one attached hydrogen (secondary N) is 1. The van der Waals surface area contributed by atoms with Crippen molar-refractivity contribution in [2.75, 3.05) is 19.5 Å². The number of ether oxygens (including phenoxy) is 3. The summed E-state index contributed by atoms with van der Waals surface area (Å²) in [5, 5.41) is 2.24. The first-order valence-corrected chi connectivity index (χ1v) is 6.13. The summed E-state index contributed by atoms with van der Waals surface area (Å²) in [6.45, 7) is 5.03. The van der Waals surface area contributed by atoms with Gasteiger partial charge in [0.25, 0.3) is 0 Å². The Morgan fingerprint density at radius 3 is 2.29 bits per heavy atom. The average Bonchev–Trinajstić information content (AvgIpc) is 2.37.